The maximum atomic E-state index is 4.62. The summed E-state index contributed by atoms with van der Waals surface area (Å²) in [7, 11) is 0. The molecule has 0 amide bonds. The van der Waals surface area contributed by atoms with Crippen LogP contribution in [0.2, 0.25) is 0 Å². The van der Waals surface area contributed by atoms with Gasteiger partial charge in [0.15, 0.2) is 0 Å². The number of hydrogen-bond donors (Lipinski definition) is 10. The number of nitrogens with zero attached hydrogens (tertiary/aromatic N) is 10. The van der Waals surface area contributed by atoms with Crippen LogP contribution in [0, 0.1) is 0 Å². The van der Waals surface area contributed by atoms with Gasteiger partial charge in [-0.1, -0.05) is 0 Å². The van der Waals surface area contributed by atoms with E-state index in [0.717, 1.165) is 224 Å². The van der Waals surface area contributed by atoms with E-state index in [2.05, 4.69) is 251 Å². The topological polar surface area (TPSA) is 377 Å². The van der Waals surface area contributed by atoms with E-state index in [4.69, 9.17) is 0 Å². The van der Waals surface area contributed by atoms with Gasteiger partial charge in [-0.3, -0.25) is 0 Å². The van der Waals surface area contributed by atoms with Gasteiger partial charge < -0.3 is 354 Å². The largest absolute Gasteiger partial charge is 3.00 e. The summed E-state index contributed by atoms with van der Waals surface area (Å²) in [5, 5.41) is 0. The van der Waals surface area contributed by atoms with E-state index in [9.17, 15) is 0 Å². The number of nitrogens with one attached hydrogen (secondary N) is 10. The predicted octanol–water partition coefficient (Wildman–Crippen LogP) is -15.1. The molecular weight excluding hydrogens is 3190 g/mol. The van der Waals surface area contributed by atoms with Crippen LogP contribution >= 0.6 is 0 Å². The van der Waals surface area contributed by atoms with Gasteiger partial charge in [0.2, 0.25) is 0 Å². The van der Waals surface area contributed by atoms with E-state index in [0.29, 0.717) is 0 Å². The maximum absolute atomic E-state index is 4.62. The number of aromatic nitrogens is 20. The molecule has 0 atom stereocenters. The van der Waals surface area contributed by atoms with Crippen LogP contribution in [0.15, 0.2) is 243 Å². The van der Waals surface area contributed by atoms with Crippen molar-refractivity contribution in [3.05, 3.63) is 357 Å². The molecule has 0 spiro atoms. The van der Waals surface area contributed by atoms with Crippen molar-refractivity contribution in [3.63, 3.8) is 0 Å². The predicted molar refractivity (Wildman–Crippen MR) is 529 cm³/mol. The minimum absolute atomic E-state index is 0. The molecule has 10 aliphatic rings. The average molecular weight is 3260 g/mol. The SMILES string of the molecule is C1=Cc2cc3ccc(cc4ccc(cc5nc(cc1n2)C=C5)[nH]4)[nH]3.C1=Cc2cc3ccc(cc4ccc(cc5nc(cc1n2)C=C5)[nH]4)[nH]3.C1=Cc2cc3ccc(cc4ccc(cc5nc(cc1n2)C=C5)[nH]4)[nH]3.C1=Cc2cc3ccc(cc4ccc(cc5nc(cc1n2)C=C5)[nH]4)[nH]3.C1=Cc2cc3ccc(cc4ccc(cc5nc(cc1n2)C=C5)[nH]4)[nH]3.[Al+3].[Al+3].[Al+3].[Al+3].[Al+3].[I-].[I-].[I-].[I-].[I-].[I-].[I-].[I-].[I-].[I-].[I-].[I-].[OH-].[OH-].[OH-]. The molecule has 25 heterocycles. The van der Waals surface area contributed by atoms with E-state index < -0.39 is 0 Å². The van der Waals surface area contributed by atoms with Crippen LogP contribution in [0.25, 0.3) is 232 Å². The first kappa shape index (κ1) is 132. The smallest absolute Gasteiger partial charge is 1.00 e. The number of hydrogen-bond acceptors (Lipinski definition) is 13. The fourth-order valence-corrected chi connectivity index (χ4v) is 14.7. The van der Waals surface area contributed by atoms with Crippen LogP contribution < -0.4 is 288 Å². The molecule has 0 unspecified atom stereocenters. The van der Waals surface area contributed by atoms with Crippen LogP contribution in [-0.4, -0.2) is 203 Å². The molecule has 140 heavy (non-hydrogen) atoms. The number of rotatable bonds is 0. The Morgan fingerprint density at radius 2 is 0.164 bits per heavy atom. The molecular formula is C100H73Al5I12N20O3. The molecule has 0 radical (unpaired) electrons. The molecule has 15 aromatic heterocycles. The molecule has 40 heteroatoms. The standard InChI is InChI=1S/5C20H14N4.5Al.12HI.3H2O/c5*1-2-14-10-16-5-6-18(23-16)12-20-8-7-19(24-20)11-17-4-3-15(22-17)9-13(1)21-14;;;;;;;;;;;;;;;;;;;;/h5*1-12,21-22H;;;;;;12*1H;3*1H2/q;;;;;5*+3;;;;;;;;;;;;;;;/p-15. The molecule has 40 bridgehead atoms. The first-order chi connectivity index (χ1) is 59.0. The van der Waals surface area contributed by atoms with Gasteiger partial charge in [-0.15, -0.1) is 0 Å². The number of H-pyrrole nitrogens is 10. The number of fused-ring (bicyclic) bond motifs is 40. The van der Waals surface area contributed by atoms with Crippen molar-refractivity contribution < 1.29 is 304 Å². The van der Waals surface area contributed by atoms with Gasteiger partial charge in [-0.05, 0) is 364 Å². The third kappa shape index (κ3) is 35.3. The summed E-state index contributed by atoms with van der Waals surface area (Å²) in [6.45, 7) is 0. The normalized spacial score (nSPS) is 10.9. The van der Waals surface area contributed by atoms with Crippen LogP contribution in [0.4, 0.5) is 0 Å². The fourth-order valence-electron chi connectivity index (χ4n) is 14.7. The van der Waals surface area contributed by atoms with Crippen molar-refractivity contribution in [2.45, 2.75) is 0 Å². The van der Waals surface area contributed by atoms with Gasteiger partial charge in [0.1, 0.15) is 0 Å². The minimum Gasteiger partial charge on any atom is -1.00 e. The van der Waals surface area contributed by atoms with Crippen LogP contribution in [-0.2, 0) is 0 Å². The van der Waals surface area contributed by atoms with Gasteiger partial charge in [0, 0.05) is 110 Å². The summed E-state index contributed by atoms with van der Waals surface area (Å²) in [5.41, 5.74) is 39.3. The van der Waals surface area contributed by atoms with E-state index in [1.807, 2.05) is 213 Å². The van der Waals surface area contributed by atoms with E-state index in [-0.39, 0.29) is 391 Å². The maximum Gasteiger partial charge on any atom is 3.00 e. The van der Waals surface area contributed by atoms with Gasteiger partial charge >= 0.3 is 86.8 Å². The summed E-state index contributed by atoms with van der Waals surface area (Å²) in [5.74, 6) is 0. The number of aromatic amines is 10. The zero-order valence-electron chi connectivity index (χ0n) is 72.9. The summed E-state index contributed by atoms with van der Waals surface area (Å²) in [6, 6.07) is 82.0. The quantitative estimate of drug-likeness (QED) is 0.0499. The molecule has 15 aromatic rings. The van der Waals surface area contributed by atoms with Crippen molar-refractivity contribution >= 4 is 319 Å². The van der Waals surface area contributed by atoms with E-state index in [1.54, 1.807) is 0 Å². The summed E-state index contributed by atoms with van der Waals surface area (Å²) < 4.78 is 0. The fraction of sp³-hybridized carbons (Fsp3) is 0. The molecule has 25 rings (SSSR count). The first-order valence-corrected chi connectivity index (χ1v) is 39.2. The van der Waals surface area contributed by atoms with E-state index in [1.165, 1.54) is 0 Å². The molecule has 23 nitrogen and oxygen atoms in total. The van der Waals surface area contributed by atoms with Crippen molar-refractivity contribution in [1.82, 2.24) is 99.7 Å². The van der Waals surface area contributed by atoms with Gasteiger partial charge in [-0.2, -0.15) is 0 Å². The Hall–Kier alpha value is -5.70. The average Bonchev–Trinajstić information content (AvgIpc) is 1.71. The second-order valence-corrected chi connectivity index (χ2v) is 29.5. The molecule has 0 fully saturated rings. The summed E-state index contributed by atoms with van der Waals surface area (Å²) in [6.07, 6.45) is 40.2. The van der Waals surface area contributed by atoms with Crippen molar-refractivity contribution in [3.8, 4) is 0 Å². The summed E-state index contributed by atoms with van der Waals surface area (Å²) in [4.78, 5) is 80.1. The second kappa shape index (κ2) is 61.8. The molecule has 0 aromatic carbocycles. The van der Waals surface area contributed by atoms with Crippen LogP contribution in [0.5, 0.6) is 0 Å². The zero-order valence-corrected chi connectivity index (χ0v) is 105. The third-order valence-corrected chi connectivity index (χ3v) is 20.2. The Morgan fingerprint density at radius 3 is 0.243 bits per heavy atom. The van der Waals surface area contributed by atoms with Crippen molar-refractivity contribution in [2.75, 3.05) is 0 Å². The minimum atomic E-state index is 0. The zero-order chi connectivity index (χ0) is 79.7. The van der Waals surface area contributed by atoms with E-state index >= 15 is 0 Å². The molecule has 690 valence electrons. The van der Waals surface area contributed by atoms with Gasteiger partial charge in [-0.25, -0.2) is 49.8 Å². The Bertz CT molecular complexity index is 6540. The Morgan fingerprint density at radius 1 is 0.100 bits per heavy atom. The van der Waals surface area contributed by atoms with Crippen LogP contribution in [0.1, 0.15) is 114 Å². The van der Waals surface area contributed by atoms with Crippen molar-refractivity contribution in [2.24, 2.45) is 0 Å². The first-order valence-electron chi connectivity index (χ1n) is 39.2. The Kier molecular flexibility index (Phi) is 58.4. The molecule has 0 saturated carbocycles. The van der Waals surface area contributed by atoms with Crippen LogP contribution in [0.3, 0.4) is 0 Å². The third-order valence-electron chi connectivity index (χ3n) is 20.2. The molecule has 0 aliphatic carbocycles. The monoisotopic (exact) mass is 3260 g/mol. The second-order valence-electron chi connectivity index (χ2n) is 29.5. The molecule has 13 N–H and O–H groups in total. The Labute approximate surface area is 1060 Å². The van der Waals surface area contributed by atoms with Crippen molar-refractivity contribution in [1.29, 1.82) is 0 Å². The molecule has 0 saturated heterocycles. The van der Waals surface area contributed by atoms with Gasteiger partial charge in [0.05, 0.1) is 114 Å². The number of halogens is 12. The molecule has 10 aliphatic heterocycles. The Balaban J connectivity index is 0.000000845. The van der Waals surface area contributed by atoms with Gasteiger partial charge in [0.25, 0.3) is 0 Å². The summed E-state index contributed by atoms with van der Waals surface area (Å²) >= 11 is 0.